The summed E-state index contributed by atoms with van der Waals surface area (Å²) < 4.78 is 21.7. The molecule has 11 nitrogen and oxygen atoms in total. The van der Waals surface area contributed by atoms with Crippen LogP contribution >= 0.6 is 0 Å². The number of carboxylic acid groups (broad SMARTS) is 1. The fourth-order valence-corrected chi connectivity index (χ4v) is 3.38. The Balaban J connectivity index is 1.67. The zero-order chi connectivity index (χ0) is 26.9. The minimum Gasteiger partial charge on any atom is -0.508 e. The standard InChI is InChI=1S/C26H26O11/c1-15(27)35-25-24(33)23(32)20(14-34-22(31)13-7-16-2-8-18(28)9-3-16)37-26(25)36-19-10-4-17(5-11-19)6-12-21(29)30/h2-13,20,23-26,28,32-33H,14H2,1H3,(H,29,30)/b12-6+,13-7+/t20-,23-,24+,25-,26-/m1/s1. The second-order valence-electron chi connectivity index (χ2n) is 8.01. The molecule has 1 fully saturated rings. The monoisotopic (exact) mass is 514 g/mol. The Morgan fingerprint density at radius 2 is 1.51 bits per heavy atom. The average molecular weight is 514 g/mol. The summed E-state index contributed by atoms with van der Waals surface area (Å²) in [6.07, 6.45) is -2.18. The van der Waals surface area contributed by atoms with Crippen LogP contribution in [0.2, 0.25) is 0 Å². The topological polar surface area (TPSA) is 169 Å². The Bertz CT molecular complexity index is 1140. The van der Waals surface area contributed by atoms with E-state index in [2.05, 4.69) is 0 Å². The molecule has 1 aliphatic heterocycles. The van der Waals surface area contributed by atoms with E-state index in [-0.39, 0.29) is 11.5 Å². The number of carboxylic acids is 1. The van der Waals surface area contributed by atoms with Crippen LogP contribution in [0.5, 0.6) is 11.5 Å². The first-order valence-electron chi connectivity index (χ1n) is 11.1. The number of benzene rings is 2. The molecule has 4 N–H and O–H groups in total. The Hall–Kier alpha value is -4.19. The number of ether oxygens (including phenoxy) is 4. The van der Waals surface area contributed by atoms with Gasteiger partial charge in [0, 0.05) is 19.1 Å². The van der Waals surface area contributed by atoms with Gasteiger partial charge in [-0.15, -0.1) is 0 Å². The molecule has 5 atom stereocenters. The van der Waals surface area contributed by atoms with Crippen LogP contribution in [0.4, 0.5) is 0 Å². The molecule has 3 rings (SSSR count). The molecule has 1 aliphatic rings. The number of phenols is 1. The second-order valence-corrected chi connectivity index (χ2v) is 8.01. The van der Waals surface area contributed by atoms with Crippen LogP contribution in [-0.4, -0.2) is 75.6 Å². The quantitative estimate of drug-likeness (QED) is 0.283. The Labute approximate surface area is 211 Å². The summed E-state index contributed by atoms with van der Waals surface area (Å²) in [5.41, 5.74) is 1.22. The third-order valence-electron chi connectivity index (χ3n) is 5.19. The van der Waals surface area contributed by atoms with E-state index in [9.17, 15) is 29.7 Å². The number of hydrogen-bond donors (Lipinski definition) is 4. The highest BCUT2D eigenvalue weighted by Gasteiger charge is 2.48. The van der Waals surface area contributed by atoms with Crippen molar-refractivity contribution in [2.45, 2.75) is 37.6 Å². The van der Waals surface area contributed by atoms with Crippen molar-refractivity contribution in [2.75, 3.05) is 6.61 Å². The third kappa shape index (κ3) is 8.17. The highest BCUT2D eigenvalue weighted by atomic mass is 16.7. The van der Waals surface area contributed by atoms with Crippen LogP contribution in [0.1, 0.15) is 18.1 Å². The van der Waals surface area contributed by atoms with Crippen molar-refractivity contribution in [2.24, 2.45) is 0 Å². The normalized spacial score (nSPS) is 23.6. The lowest BCUT2D eigenvalue weighted by Gasteiger charge is -2.41. The van der Waals surface area contributed by atoms with Gasteiger partial charge >= 0.3 is 17.9 Å². The van der Waals surface area contributed by atoms with Gasteiger partial charge in [0.15, 0.2) is 6.10 Å². The van der Waals surface area contributed by atoms with Gasteiger partial charge in [-0.25, -0.2) is 9.59 Å². The highest BCUT2D eigenvalue weighted by molar-refractivity contribution is 5.87. The molecule has 0 bridgehead atoms. The van der Waals surface area contributed by atoms with Gasteiger partial charge < -0.3 is 39.4 Å². The lowest BCUT2D eigenvalue weighted by atomic mass is 9.99. The van der Waals surface area contributed by atoms with E-state index in [0.29, 0.717) is 11.1 Å². The summed E-state index contributed by atoms with van der Waals surface area (Å²) >= 11 is 0. The zero-order valence-corrected chi connectivity index (χ0v) is 19.7. The number of rotatable bonds is 9. The van der Waals surface area contributed by atoms with Crippen molar-refractivity contribution >= 4 is 30.1 Å². The summed E-state index contributed by atoms with van der Waals surface area (Å²) in [5, 5.41) is 39.1. The molecule has 1 heterocycles. The number of carbonyl (C=O) groups is 3. The molecule has 0 aromatic heterocycles. The van der Waals surface area contributed by atoms with Gasteiger partial charge in [0.05, 0.1) is 0 Å². The van der Waals surface area contributed by atoms with Crippen molar-refractivity contribution in [3.05, 3.63) is 71.8 Å². The first kappa shape index (κ1) is 27.4. The van der Waals surface area contributed by atoms with Gasteiger partial charge in [-0.3, -0.25) is 4.79 Å². The van der Waals surface area contributed by atoms with Gasteiger partial charge in [0.25, 0.3) is 0 Å². The Kier molecular flexibility index (Phi) is 9.39. The maximum absolute atomic E-state index is 12.1. The molecule has 0 radical (unpaired) electrons. The largest absolute Gasteiger partial charge is 0.508 e. The van der Waals surface area contributed by atoms with E-state index >= 15 is 0 Å². The number of aliphatic hydroxyl groups is 2. The van der Waals surface area contributed by atoms with E-state index in [4.69, 9.17) is 24.1 Å². The molecule has 0 spiro atoms. The van der Waals surface area contributed by atoms with E-state index in [1.165, 1.54) is 36.4 Å². The van der Waals surface area contributed by atoms with Crippen LogP contribution in [0, 0.1) is 0 Å². The average Bonchev–Trinajstić information content (AvgIpc) is 2.86. The third-order valence-corrected chi connectivity index (χ3v) is 5.19. The van der Waals surface area contributed by atoms with Gasteiger partial charge in [-0.05, 0) is 47.5 Å². The lowest BCUT2D eigenvalue weighted by molar-refractivity contribution is -0.282. The molecule has 0 saturated carbocycles. The number of phenolic OH excluding ortho intramolecular Hbond substituents is 1. The lowest BCUT2D eigenvalue weighted by Crippen LogP contribution is -2.61. The zero-order valence-electron chi connectivity index (χ0n) is 19.7. The number of carbonyl (C=O) groups excluding carboxylic acids is 2. The predicted octanol–water partition coefficient (Wildman–Crippen LogP) is 1.50. The molecule has 0 unspecified atom stereocenters. The molecular weight excluding hydrogens is 488 g/mol. The Morgan fingerprint density at radius 3 is 2.11 bits per heavy atom. The molecule has 0 aliphatic carbocycles. The highest BCUT2D eigenvalue weighted by Crippen LogP contribution is 2.27. The first-order valence-corrected chi connectivity index (χ1v) is 11.1. The molecule has 2 aromatic carbocycles. The van der Waals surface area contributed by atoms with E-state index in [0.717, 1.165) is 19.1 Å². The molecular formula is C26H26O11. The molecule has 0 amide bonds. The fourth-order valence-electron chi connectivity index (χ4n) is 3.38. The van der Waals surface area contributed by atoms with E-state index in [1.54, 1.807) is 24.3 Å². The van der Waals surface area contributed by atoms with Gasteiger partial charge in [-0.1, -0.05) is 24.3 Å². The minimum absolute atomic E-state index is 0.0801. The van der Waals surface area contributed by atoms with Crippen LogP contribution in [0.3, 0.4) is 0 Å². The first-order chi connectivity index (χ1) is 17.6. The van der Waals surface area contributed by atoms with E-state index in [1.807, 2.05) is 0 Å². The van der Waals surface area contributed by atoms with Gasteiger partial charge in [-0.2, -0.15) is 0 Å². The number of aromatic hydroxyl groups is 1. The number of aliphatic hydroxyl groups excluding tert-OH is 2. The molecule has 1 saturated heterocycles. The number of hydrogen-bond acceptors (Lipinski definition) is 10. The molecule has 11 heteroatoms. The summed E-state index contributed by atoms with van der Waals surface area (Å²) in [6.45, 7) is 0.677. The summed E-state index contributed by atoms with van der Waals surface area (Å²) in [4.78, 5) is 34.4. The predicted molar refractivity (Wildman–Crippen MR) is 128 cm³/mol. The molecule has 196 valence electrons. The van der Waals surface area contributed by atoms with Gasteiger partial charge in [0.1, 0.15) is 36.4 Å². The number of esters is 2. The number of aliphatic carboxylic acids is 1. The second kappa shape index (κ2) is 12.7. The van der Waals surface area contributed by atoms with Crippen LogP contribution in [0.25, 0.3) is 12.2 Å². The van der Waals surface area contributed by atoms with Crippen LogP contribution < -0.4 is 4.74 Å². The van der Waals surface area contributed by atoms with Gasteiger partial charge in [0.2, 0.25) is 6.29 Å². The van der Waals surface area contributed by atoms with Crippen molar-refractivity contribution in [3.8, 4) is 11.5 Å². The van der Waals surface area contributed by atoms with E-state index < -0.39 is 55.2 Å². The SMILES string of the molecule is CC(=O)O[C@H]1[C@H](Oc2ccc(/C=C/C(=O)O)cc2)O[C@H](COC(=O)/C=C/c2ccc(O)cc2)[C@@H](O)[C@@H]1O. The fraction of sp³-hybridized carbons (Fsp3) is 0.269. The van der Waals surface area contributed by atoms with Crippen molar-refractivity contribution in [3.63, 3.8) is 0 Å². The van der Waals surface area contributed by atoms with Crippen molar-refractivity contribution in [1.29, 1.82) is 0 Å². The van der Waals surface area contributed by atoms with Crippen molar-refractivity contribution < 1.29 is 53.8 Å². The van der Waals surface area contributed by atoms with Crippen LogP contribution in [-0.2, 0) is 28.6 Å². The Morgan fingerprint density at radius 1 is 0.919 bits per heavy atom. The maximum Gasteiger partial charge on any atom is 0.330 e. The molecule has 37 heavy (non-hydrogen) atoms. The summed E-state index contributed by atoms with van der Waals surface area (Å²) in [6, 6.07) is 12.3. The smallest absolute Gasteiger partial charge is 0.330 e. The minimum atomic E-state index is -1.61. The maximum atomic E-state index is 12.1. The molecule has 2 aromatic rings. The summed E-state index contributed by atoms with van der Waals surface area (Å²) in [5.74, 6) is -2.27. The van der Waals surface area contributed by atoms with Crippen LogP contribution in [0.15, 0.2) is 60.7 Å². The summed E-state index contributed by atoms with van der Waals surface area (Å²) in [7, 11) is 0. The van der Waals surface area contributed by atoms with Crippen molar-refractivity contribution in [1.82, 2.24) is 0 Å².